The lowest BCUT2D eigenvalue weighted by atomic mass is 10.2. The summed E-state index contributed by atoms with van der Waals surface area (Å²) in [5, 5.41) is 32.6. The largest absolute Gasteiger partial charge is 0.396 e. The van der Waals surface area contributed by atoms with E-state index < -0.39 is 0 Å². The van der Waals surface area contributed by atoms with Gasteiger partial charge < -0.3 is 20.4 Å². The molecule has 0 radical (unpaired) electrons. The first-order valence-electron chi connectivity index (χ1n) is 7.52. The van der Waals surface area contributed by atoms with E-state index in [1.54, 1.807) is 0 Å². The molecule has 5 heteroatoms. The van der Waals surface area contributed by atoms with Crippen LogP contribution in [0.5, 0.6) is 0 Å². The van der Waals surface area contributed by atoms with E-state index >= 15 is 0 Å². The van der Waals surface area contributed by atoms with E-state index in [2.05, 4.69) is 0 Å². The molecule has 0 spiro atoms. The van der Waals surface area contributed by atoms with Gasteiger partial charge in [0.2, 0.25) is 0 Å². The highest BCUT2D eigenvalue weighted by Crippen LogP contribution is 1.84. The van der Waals surface area contributed by atoms with Crippen LogP contribution in [0.2, 0.25) is 0 Å². The average molecular weight is 329 g/mol. The third-order valence-electron chi connectivity index (χ3n) is 1.46. The van der Waals surface area contributed by atoms with Crippen LogP contribution in [0, 0.1) is 23.7 Å². The maximum Gasteiger partial charge on any atom is 0.0453 e. The van der Waals surface area contributed by atoms with Gasteiger partial charge in [0.25, 0.3) is 0 Å². The molecule has 4 N–H and O–H groups in total. The molecule has 0 amide bonds. The number of hydrogen-bond donors (Lipinski definition) is 4. The van der Waals surface area contributed by atoms with Crippen LogP contribution in [0.15, 0.2) is 0 Å². The molecular weight excluding hydrogens is 284 g/mol. The van der Waals surface area contributed by atoms with Gasteiger partial charge in [0, 0.05) is 26.4 Å². The summed E-state index contributed by atoms with van der Waals surface area (Å²) in [7, 11) is 0. The molecule has 0 aromatic heterocycles. The van der Waals surface area contributed by atoms with Crippen LogP contribution in [-0.2, 0) is 0 Å². The Balaban J connectivity index is -0.0000000533. The molecule has 0 heterocycles. The summed E-state index contributed by atoms with van der Waals surface area (Å²) in [5.74, 6) is 1.76. The summed E-state index contributed by atoms with van der Waals surface area (Å²) >= 11 is 0. The monoisotopic (exact) mass is 328 g/mol. The van der Waals surface area contributed by atoms with Crippen LogP contribution in [0.1, 0.15) is 55.4 Å². The average Bonchev–Trinajstić information content (AvgIpc) is 2.40. The number of rotatable bonds is 4. The summed E-state index contributed by atoms with van der Waals surface area (Å²) in [5.41, 5.74) is 0. The van der Waals surface area contributed by atoms with Crippen molar-refractivity contribution in [3.05, 3.63) is 0 Å². The lowest BCUT2D eigenvalue weighted by molar-refractivity contribution is 0.248. The highest BCUT2D eigenvalue weighted by molar-refractivity contribution is 5.75. The summed E-state index contributed by atoms with van der Waals surface area (Å²) in [6.45, 7) is 17.0. The first-order valence-corrected chi connectivity index (χ1v) is 7.52. The number of aliphatic hydroxyl groups is 4. The number of hydrogen-bond acceptors (Lipinski definition) is 4. The van der Waals surface area contributed by atoms with Gasteiger partial charge in [0.05, 0.1) is 0 Å². The topological polar surface area (TPSA) is 80.9 Å². The van der Waals surface area contributed by atoms with Gasteiger partial charge in [-0.3, -0.25) is 0 Å². The van der Waals surface area contributed by atoms with Gasteiger partial charge in [-0.2, -0.15) is 0 Å². The van der Waals surface area contributed by atoms with Crippen molar-refractivity contribution >= 4 is 11.0 Å². The zero-order chi connectivity index (χ0) is 17.1. The maximum absolute atomic E-state index is 8.14. The highest BCUT2D eigenvalue weighted by Gasteiger charge is 1.82. The molecular formula is C16H44O4Si. The van der Waals surface area contributed by atoms with Crippen molar-refractivity contribution < 1.29 is 20.4 Å². The molecule has 0 aromatic rings. The van der Waals surface area contributed by atoms with E-state index in [1.165, 1.54) is 0 Å². The second-order valence-corrected chi connectivity index (χ2v) is 6.31. The second-order valence-electron chi connectivity index (χ2n) is 6.31. The van der Waals surface area contributed by atoms with Crippen LogP contribution >= 0.6 is 0 Å². The van der Waals surface area contributed by atoms with Crippen LogP contribution in [0.4, 0.5) is 0 Å². The van der Waals surface area contributed by atoms with Crippen molar-refractivity contribution in [2.75, 3.05) is 26.4 Å². The molecule has 0 aliphatic heterocycles. The third-order valence-corrected chi connectivity index (χ3v) is 1.46. The standard InChI is InChI=1S/4C4H10O.H4Si/c4*1-4(2)3-5;/h4*4-5H,3H2,1-2H3;1H4. The van der Waals surface area contributed by atoms with Gasteiger partial charge in [0.1, 0.15) is 0 Å². The molecule has 0 atom stereocenters. The Morgan fingerprint density at radius 2 is 0.476 bits per heavy atom. The van der Waals surface area contributed by atoms with E-state index in [0.717, 1.165) is 0 Å². The summed E-state index contributed by atoms with van der Waals surface area (Å²) in [4.78, 5) is 0. The predicted molar refractivity (Wildman–Crippen MR) is 99.0 cm³/mol. The van der Waals surface area contributed by atoms with E-state index in [1.807, 2.05) is 55.4 Å². The van der Waals surface area contributed by atoms with E-state index in [-0.39, 0.29) is 11.0 Å². The minimum Gasteiger partial charge on any atom is -0.396 e. The summed E-state index contributed by atoms with van der Waals surface area (Å²) in [6, 6.07) is 0. The minimum atomic E-state index is 0. The van der Waals surface area contributed by atoms with Gasteiger partial charge in [0.15, 0.2) is 0 Å². The van der Waals surface area contributed by atoms with Crippen molar-refractivity contribution in [2.45, 2.75) is 55.4 Å². The maximum atomic E-state index is 8.14. The molecule has 0 unspecified atom stereocenters. The Morgan fingerprint density at radius 1 is 0.429 bits per heavy atom. The van der Waals surface area contributed by atoms with Crippen molar-refractivity contribution in [2.24, 2.45) is 23.7 Å². The quantitative estimate of drug-likeness (QED) is 0.582. The lowest BCUT2D eigenvalue weighted by Crippen LogP contribution is -1.90. The van der Waals surface area contributed by atoms with Gasteiger partial charge >= 0.3 is 0 Å². The van der Waals surface area contributed by atoms with E-state index in [0.29, 0.717) is 50.1 Å². The predicted octanol–water partition coefficient (Wildman–Crippen LogP) is 1.09. The second kappa shape index (κ2) is 28.3. The molecule has 0 rings (SSSR count). The van der Waals surface area contributed by atoms with E-state index in [9.17, 15) is 0 Å². The summed E-state index contributed by atoms with van der Waals surface area (Å²) in [6.07, 6.45) is 0. The molecule has 136 valence electrons. The SMILES string of the molecule is CC(C)CO.CC(C)CO.CC(C)CO.CC(C)CO.[SiH4]. The zero-order valence-corrected chi connectivity index (χ0v) is 14.9. The van der Waals surface area contributed by atoms with Gasteiger partial charge in [-0.1, -0.05) is 55.4 Å². The molecule has 4 nitrogen and oxygen atoms in total. The number of aliphatic hydroxyl groups excluding tert-OH is 4. The van der Waals surface area contributed by atoms with Crippen molar-refractivity contribution in [3.63, 3.8) is 0 Å². The Morgan fingerprint density at radius 3 is 0.476 bits per heavy atom. The van der Waals surface area contributed by atoms with Gasteiger partial charge in [-0.15, -0.1) is 0 Å². The lowest BCUT2D eigenvalue weighted by Gasteiger charge is -1.90. The molecule has 0 saturated carbocycles. The first-order chi connectivity index (χ1) is 9.08. The molecule has 0 saturated heterocycles. The van der Waals surface area contributed by atoms with Crippen molar-refractivity contribution in [3.8, 4) is 0 Å². The smallest absolute Gasteiger partial charge is 0.0453 e. The van der Waals surface area contributed by atoms with Crippen LogP contribution in [-0.4, -0.2) is 57.8 Å². The van der Waals surface area contributed by atoms with Gasteiger partial charge in [-0.25, -0.2) is 0 Å². The fraction of sp³-hybridized carbons (Fsp3) is 1.00. The Bertz CT molecular complexity index is 108. The van der Waals surface area contributed by atoms with Crippen LogP contribution in [0.25, 0.3) is 0 Å². The van der Waals surface area contributed by atoms with Crippen LogP contribution in [0.3, 0.4) is 0 Å². The van der Waals surface area contributed by atoms with Crippen LogP contribution < -0.4 is 0 Å². The fourth-order valence-corrected chi connectivity index (χ4v) is 0. The van der Waals surface area contributed by atoms with Crippen molar-refractivity contribution in [1.82, 2.24) is 0 Å². The van der Waals surface area contributed by atoms with Gasteiger partial charge in [-0.05, 0) is 34.6 Å². The molecule has 0 bridgehead atoms. The highest BCUT2D eigenvalue weighted by atomic mass is 28.1. The minimum absolute atomic E-state index is 0. The molecule has 21 heavy (non-hydrogen) atoms. The molecule has 0 aromatic carbocycles. The Labute approximate surface area is 137 Å². The summed E-state index contributed by atoms with van der Waals surface area (Å²) < 4.78 is 0. The normalized spacial score (nSPS) is 9.14. The molecule has 0 aliphatic carbocycles. The van der Waals surface area contributed by atoms with E-state index in [4.69, 9.17) is 20.4 Å². The first kappa shape index (κ1) is 32.9. The Hall–Kier alpha value is 0.0569. The Kier molecular flexibility index (Phi) is 44.2. The zero-order valence-electron chi connectivity index (χ0n) is 14.9. The fourth-order valence-electron chi connectivity index (χ4n) is 0. The molecule has 0 aliphatic rings. The van der Waals surface area contributed by atoms with Crippen molar-refractivity contribution in [1.29, 1.82) is 0 Å². The third kappa shape index (κ3) is 101. The molecule has 0 fully saturated rings.